The summed E-state index contributed by atoms with van der Waals surface area (Å²) in [6.45, 7) is 6.09. The minimum absolute atomic E-state index is 0.0121. The van der Waals surface area contributed by atoms with E-state index in [2.05, 4.69) is 55.5 Å². The molecule has 1 nitrogen and oxygen atoms in total. The zero-order valence-electron chi connectivity index (χ0n) is 18.8. The first-order chi connectivity index (χ1) is 15.0. The smallest absolute Gasteiger partial charge is 0.200 e. The van der Waals surface area contributed by atoms with Crippen molar-refractivity contribution >= 4 is 0 Å². The van der Waals surface area contributed by atoms with Gasteiger partial charge in [0.25, 0.3) is 0 Å². The summed E-state index contributed by atoms with van der Waals surface area (Å²) in [5.41, 5.74) is 5.99. The summed E-state index contributed by atoms with van der Waals surface area (Å²) in [6.07, 6.45) is 5.99. The second kappa shape index (κ2) is 11.1. The third-order valence-corrected chi connectivity index (χ3v) is 5.77. The quantitative estimate of drug-likeness (QED) is 0.302. The van der Waals surface area contributed by atoms with E-state index in [4.69, 9.17) is 4.74 Å². The molecule has 3 aromatic rings. The van der Waals surface area contributed by atoms with Gasteiger partial charge in [-0.2, -0.15) is 4.39 Å². The van der Waals surface area contributed by atoms with Gasteiger partial charge in [0, 0.05) is 0 Å². The summed E-state index contributed by atoms with van der Waals surface area (Å²) in [7, 11) is 0. The molecule has 0 amide bonds. The van der Waals surface area contributed by atoms with Crippen LogP contribution in [0.15, 0.2) is 54.6 Å². The van der Waals surface area contributed by atoms with Crippen LogP contribution in [-0.4, -0.2) is 6.61 Å². The first-order valence-corrected chi connectivity index (χ1v) is 11.3. The minimum Gasteiger partial charge on any atom is -0.491 e. The fourth-order valence-corrected chi connectivity index (χ4v) is 3.90. The summed E-state index contributed by atoms with van der Waals surface area (Å²) in [5.74, 6) is -1.70. The molecule has 0 saturated carbocycles. The van der Waals surface area contributed by atoms with Crippen LogP contribution in [0, 0.1) is 18.6 Å². The van der Waals surface area contributed by atoms with E-state index in [0.717, 1.165) is 17.5 Å². The number of ether oxygens (including phenoxy) is 1. The van der Waals surface area contributed by atoms with Crippen molar-refractivity contribution in [3.8, 4) is 16.9 Å². The fourth-order valence-electron chi connectivity index (χ4n) is 3.90. The topological polar surface area (TPSA) is 9.23 Å². The van der Waals surface area contributed by atoms with Crippen molar-refractivity contribution in [3.05, 3.63) is 88.5 Å². The highest BCUT2D eigenvalue weighted by molar-refractivity contribution is 5.64. The molecule has 0 radical (unpaired) electrons. The van der Waals surface area contributed by atoms with E-state index in [0.29, 0.717) is 25.0 Å². The summed E-state index contributed by atoms with van der Waals surface area (Å²) < 4.78 is 33.9. The molecule has 3 aromatic carbocycles. The van der Waals surface area contributed by atoms with Crippen LogP contribution in [0.3, 0.4) is 0 Å². The van der Waals surface area contributed by atoms with Crippen molar-refractivity contribution in [2.24, 2.45) is 0 Å². The molecule has 0 bridgehead atoms. The van der Waals surface area contributed by atoms with Crippen LogP contribution in [0.25, 0.3) is 11.1 Å². The Morgan fingerprint density at radius 1 is 0.710 bits per heavy atom. The van der Waals surface area contributed by atoms with Crippen LogP contribution in [0.2, 0.25) is 0 Å². The molecule has 164 valence electrons. The van der Waals surface area contributed by atoms with E-state index >= 15 is 0 Å². The van der Waals surface area contributed by atoms with E-state index < -0.39 is 11.6 Å². The molecule has 0 unspecified atom stereocenters. The van der Waals surface area contributed by atoms with Crippen molar-refractivity contribution < 1.29 is 13.5 Å². The van der Waals surface area contributed by atoms with E-state index in [9.17, 15) is 8.78 Å². The summed E-state index contributed by atoms with van der Waals surface area (Å²) >= 11 is 0. The Balaban J connectivity index is 1.64. The van der Waals surface area contributed by atoms with Crippen LogP contribution in [0.5, 0.6) is 5.75 Å². The maximum Gasteiger partial charge on any atom is 0.200 e. The lowest BCUT2D eigenvalue weighted by Gasteiger charge is -2.13. The van der Waals surface area contributed by atoms with E-state index in [1.165, 1.54) is 36.0 Å². The molecule has 31 heavy (non-hydrogen) atoms. The minimum atomic E-state index is -0.893. The molecule has 0 atom stereocenters. The standard InChI is InChI=1S/C28H32F2O/c1-4-6-7-8-21-9-14-23(15-10-21)24-16-11-22(12-17-24)13-18-25-20(3)19-26(31-5-2)28(30)27(25)29/h9-12,14-17,19H,4-8,13,18H2,1-3H3. The highest BCUT2D eigenvalue weighted by Gasteiger charge is 2.17. The van der Waals surface area contributed by atoms with E-state index in [-0.39, 0.29) is 5.75 Å². The van der Waals surface area contributed by atoms with Crippen molar-refractivity contribution in [1.29, 1.82) is 0 Å². The first kappa shape index (κ1) is 23.0. The van der Waals surface area contributed by atoms with E-state index in [1.54, 1.807) is 19.9 Å². The van der Waals surface area contributed by atoms with Gasteiger partial charge in [-0.3, -0.25) is 0 Å². The lowest BCUT2D eigenvalue weighted by atomic mass is 9.97. The first-order valence-electron chi connectivity index (χ1n) is 11.3. The average Bonchev–Trinajstić information content (AvgIpc) is 2.78. The van der Waals surface area contributed by atoms with Gasteiger partial charge in [0.15, 0.2) is 11.6 Å². The fraction of sp³-hybridized carbons (Fsp3) is 0.357. The Kier molecular flexibility index (Phi) is 8.22. The zero-order valence-corrected chi connectivity index (χ0v) is 18.8. The van der Waals surface area contributed by atoms with Gasteiger partial charge >= 0.3 is 0 Å². The molecule has 0 aromatic heterocycles. The predicted molar refractivity (Wildman–Crippen MR) is 125 cm³/mol. The highest BCUT2D eigenvalue weighted by atomic mass is 19.2. The Morgan fingerprint density at radius 3 is 1.84 bits per heavy atom. The summed E-state index contributed by atoms with van der Waals surface area (Å²) in [5, 5.41) is 0. The predicted octanol–water partition coefficient (Wildman–Crippen LogP) is 7.86. The van der Waals surface area contributed by atoms with Gasteiger partial charge in [-0.1, -0.05) is 68.3 Å². The van der Waals surface area contributed by atoms with Gasteiger partial charge in [-0.05, 0) is 79.0 Å². The molecule has 3 rings (SSSR count). The maximum absolute atomic E-state index is 14.5. The maximum atomic E-state index is 14.5. The largest absolute Gasteiger partial charge is 0.491 e. The number of benzene rings is 3. The Morgan fingerprint density at radius 2 is 1.29 bits per heavy atom. The molecule has 0 heterocycles. The Hall–Kier alpha value is -2.68. The zero-order chi connectivity index (χ0) is 22.2. The molecule has 0 aliphatic carbocycles. The van der Waals surface area contributed by atoms with Crippen molar-refractivity contribution in [2.75, 3.05) is 6.61 Å². The number of hydrogen-bond acceptors (Lipinski definition) is 1. The number of aryl methyl sites for hydroxylation is 3. The third kappa shape index (κ3) is 5.94. The third-order valence-electron chi connectivity index (χ3n) is 5.77. The number of hydrogen-bond donors (Lipinski definition) is 0. The summed E-state index contributed by atoms with van der Waals surface area (Å²) in [4.78, 5) is 0. The molecule has 0 spiro atoms. The molecule has 0 aliphatic heterocycles. The van der Waals surface area contributed by atoms with Gasteiger partial charge in [-0.15, -0.1) is 0 Å². The second-order valence-corrected chi connectivity index (χ2v) is 8.08. The van der Waals surface area contributed by atoms with Crippen molar-refractivity contribution in [3.63, 3.8) is 0 Å². The van der Waals surface area contributed by atoms with Crippen molar-refractivity contribution in [2.45, 2.75) is 59.3 Å². The molecule has 3 heteroatoms. The number of rotatable bonds is 10. The Bertz CT molecular complexity index is 975. The summed E-state index contributed by atoms with van der Waals surface area (Å²) in [6, 6.07) is 18.7. The van der Waals surface area contributed by atoms with Gasteiger partial charge in [0.1, 0.15) is 0 Å². The molecular formula is C28H32F2O. The molecule has 0 N–H and O–H groups in total. The van der Waals surface area contributed by atoms with Crippen LogP contribution < -0.4 is 4.74 Å². The van der Waals surface area contributed by atoms with Crippen molar-refractivity contribution in [1.82, 2.24) is 0 Å². The van der Waals surface area contributed by atoms with Crippen LogP contribution in [0.4, 0.5) is 8.78 Å². The Labute approximate surface area is 185 Å². The van der Waals surface area contributed by atoms with Crippen LogP contribution in [0.1, 0.15) is 55.4 Å². The lowest BCUT2D eigenvalue weighted by molar-refractivity contribution is 0.313. The van der Waals surface area contributed by atoms with Gasteiger partial charge in [0.2, 0.25) is 5.82 Å². The van der Waals surface area contributed by atoms with Crippen LogP contribution >= 0.6 is 0 Å². The molecular weight excluding hydrogens is 390 g/mol. The van der Waals surface area contributed by atoms with Gasteiger partial charge in [0.05, 0.1) is 6.61 Å². The van der Waals surface area contributed by atoms with E-state index in [1.807, 2.05) is 0 Å². The lowest BCUT2D eigenvalue weighted by Crippen LogP contribution is -2.04. The molecule has 0 fully saturated rings. The SMILES string of the molecule is CCCCCc1ccc(-c2ccc(CCc3c(C)cc(OCC)c(F)c3F)cc2)cc1. The number of halogens is 2. The second-order valence-electron chi connectivity index (χ2n) is 8.08. The average molecular weight is 423 g/mol. The highest BCUT2D eigenvalue weighted by Crippen LogP contribution is 2.28. The van der Waals surface area contributed by atoms with Gasteiger partial charge < -0.3 is 4.74 Å². The normalized spacial score (nSPS) is 11.0. The van der Waals surface area contributed by atoms with Crippen LogP contribution in [-0.2, 0) is 19.3 Å². The molecule has 0 aliphatic rings. The monoisotopic (exact) mass is 422 g/mol. The number of unbranched alkanes of at least 4 members (excludes halogenated alkanes) is 2. The van der Waals surface area contributed by atoms with Gasteiger partial charge in [-0.25, -0.2) is 4.39 Å². The molecule has 0 saturated heterocycles.